The molecule has 4 nitrogen and oxygen atoms in total. The first kappa shape index (κ1) is 9.19. The Morgan fingerprint density at radius 3 is 2.58 bits per heavy atom. The molecule has 0 aromatic rings. The summed E-state index contributed by atoms with van der Waals surface area (Å²) < 4.78 is 0. The van der Waals surface area contributed by atoms with Gasteiger partial charge in [0.25, 0.3) is 0 Å². The summed E-state index contributed by atoms with van der Waals surface area (Å²) in [5.74, 6) is -0.365. The summed E-state index contributed by atoms with van der Waals surface area (Å²) in [6.07, 6.45) is 0.952. The van der Waals surface area contributed by atoms with Crippen molar-refractivity contribution in [2.24, 2.45) is 5.73 Å². The van der Waals surface area contributed by atoms with Crippen LogP contribution in [0.25, 0.3) is 0 Å². The maximum absolute atomic E-state index is 11.3. The minimum atomic E-state index is -0.605. The van der Waals surface area contributed by atoms with E-state index in [2.05, 4.69) is 0 Å². The van der Waals surface area contributed by atoms with E-state index in [9.17, 15) is 9.59 Å². The molecule has 4 heteroatoms. The zero-order valence-corrected chi connectivity index (χ0v) is 7.41. The Morgan fingerprint density at radius 1 is 1.67 bits per heavy atom. The largest absolute Gasteiger partial charge is 0.319 e. The van der Waals surface area contributed by atoms with Crippen LogP contribution in [0.1, 0.15) is 26.7 Å². The number of carbonyl (C=O) groups excluding carboxylic acids is 2. The van der Waals surface area contributed by atoms with Gasteiger partial charge in [0.05, 0.1) is 12.5 Å². The number of carbonyl (C=O) groups is 2. The van der Waals surface area contributed by atoms with Gasteiger partial charge in [-0.05, 0) is 13.3 Å². The predicted molar refractivity (Wildman–Crippen MR) is 44.2 cm³/mol. The Balaban J connectivity index is 2.76. The van der Waals surface area contributed by atoms with Crippen molar-refractivity contribution in [3.63, 3.8) is 0 Å². The number of nitrogens with zero attached hydrogens (tertiary/aromatic N) is 1. The van der Waals surface area contributed by atoms with Gasteiger partial charge >= 0.3 is 0 Å². The number of hydrogen-bond donors (Lipinski definition) is 1. The molecule has 12 heavy (non-hydrogen) atoms. The van der Waals surface area contributed by atoms with E-state index in [4.69, 9.17) is 5.73 Å². The van der Waals surface area contributed by atoms with E-state index in [1.165, 1.54) is 4.90 Å². The Morgan fingerprint density at radius 2 is 2.25 bits per heavy atom. The average molecular weight is 170 g/mol. The number of imide groups is 1. The molecule has 1 heterocycles. The highest BCUT2D eigenvalue weighted by molar-refractivity contribution is 6.05. The van der Waals surface area contributed by atoms with Crippen molar-refractivity contribution in [2.45, 2.75) is 38.8 Å². The van der Waals surface area contributed by atoms with Crippen LogP contribution in [0, 0.1) is 0 Å². The summed E-state index contributed by atoms with van der Waals surface area (Å²) in [4.78, 5) is 23.8. The highest BCUT2D eigenvalue weighted by Gasteiger charge is 2.38. The molecule has 1 aliphatic rings. The van der Waals surface area contributed by atoms with E-state index < -0.39 is 6.04 Å². The van der Waals surface area contributed by atoms with Crippen molar-refractivity contribution < 1.29 is 9.59 Å². The molecule has 0 saturated carbocycles. The maximum atomic E-state index is 11.3. The maximum Gasteiger partial charge on any atom is 0.246 e. The van der Waals surface area contributed by atoms with Crippen LogP contribution in [0.5, 0.6) is 0 Å². The highest BCUT2D eigenvalue weighted by atomic mass is 16.2. The number of amides is 2. The zero-order valence-electron chi connectivity index (χ0n) is 7.41. The molecule has 1 rings (SSSR count). The quantitative estimate of drug-likeness (QED) is 0.587. The third kappa shape index (κ3) is 1.34. The van der Waals surface area contributed by atoms with Gasteiger partial charge in [-0.25, -0.2) is 0 Å². The second-order valence-corrected chi connectivity index (χ2v) is 3.17. The molecule has 2 amide bonds. The van der Waals surface area contributed by atoms with Crippen molar-refractivity contribution in [3.8, 4) is 0 Å². The van der Waals surface area contributed by atoms with Crippen molar-refractivity contribution in [2.75, 3.05) is 0 Å². The van der Waals surface area contributed by atoms with Crippen LogP contribution >= 0.6 is 0 Å². The zero-order chi connectivity index (χ0) is 9.30. The molecule has 2 N–H and O–H groups in total. The normalized spacial score (nSPS) is 26.6. The summed E-state index contributed by atoms with van der Waals surface area (Å²) in [7, 11) is 0. The molecule has 2 unspecified atom stereocenters. The first-order valence-corrected chi connectivity index (χ1v) is 4.19. The van der Waals surface area contributed by atoms with Gasteiger partial charge < -0.3 is 5.73 Å². The van der Waals surface area contributed by atoms with Gasteiger partial charge in [-0.1, -0.05) is 6.92 Å². The summed E-state index contributed by atoms with van der Waals surface area (Å²) >= 11 is 0. The van der Waals surface area contributed by atoms with Crippen molar-refractivity contribution in [1.29, 1.82) is 0 Å². The molecule has 0 spiro atoms. The topological polar surface area (TPSA) is 63.4 Å². The van der Waals surface area contributed by atoms with E-state index >= 15 is 0 Å². The first-order chi connectivity index (χ1) is 5.57. The minimum Gasteiger partial charge on any atom is -0.319 e. The molecule has 0 bridgehead atoms. The second-order valence-electron chi connectivity index (χ2n) is 3.17. The lowest BCUT2D eigenvalue weighted by molar-refractivity contribution is -0.141. The number of likely N-dealkylation sites (tertiary alicyclic amines) is 1. The van der Waals surface area contributed by atoms with Crippen molar-refractivity contribution in [1.82, 2.24) is 4.90 Å². The Kier molecular flexibility index (Phi) is 2.47. The molecule has 1 aliphatic heterocycles. The van der Waals surface area contributed by atoms with Crippen LogP contribution in [-0.2, 0) is 9.59 Å². The van der Waals surface area contributed by atoms with Gasteiger partial charge in [0.15, 0.2) is 0 Å². The summed E-state index contributed by atoms with van der Waals surface area (Å²) in [6.45, 7) is 3.79. The second kappa shape index (κ2) is 3.23. The van der Waals surface area contributed by atoms with Gasteiger partial charge in [-0.15, -0.1) is 0 Å². The lowest BCUT2D eigenvalue weighted by atomic mass is 10.2. The monoisotopic (exact) mass is 170 g/mol. The lowest BCUT2D eigenvalue weighted by Gasteiger charge is -2.20. The Hall–Kier alpha value is -0.900. The van der Waals surface area contributed by atoms with Crippen molar-refractivity contribution in [3.05, 3.63) is 0 Å². The third-order valence-electron chi connectivity index (χ3n) is 2.25. The van der Waals surface area contributed by atoms with E-state index in [0.29, 0.717) is 0 Å². The van der Waals surface area contributed by atoms with Crippen molar-refractivity contribution >= 4 is 11.8 Å². The van der Waals surface area contributed by atoms with Gasteiger partial charge in [-0.2, -0.15) is 0 Å². The van der Waals surface area contributed by atoms with Crippen LogP contribution < -0.4 is 5.73 Å². The molecular formula is C8H14N2O2. The van der Waals surface area contributed by atoms with E-state index in [-0.39, 0.29) is 24.3 Å². The van der Waals surface area contributed by atoms with E-state index in [1.54, 1.807) is 0 Å². The van der Waals surface area contributed by atoms with E-state index in [1.807, 2.05) is 13.8 Å². The average Bonchev–Trinajstić information content (AvgIpc) is 2.26. The van der Waals surface area contributed by atoms with Gasteiger partial charge in [0, 0.05) is 6.04 Å². The number of rotatable bonds is 2. The highest BCUT2D eigenvalue weighted by Crippen LogP contribution is 2.15. The van der Waals surface area contributed by atoms with Gasteiger partial charge in [-0.3, -0.25) is 14.5 Å². The summed E-state index contributed by atoms with van der Waals surface area (Å²) in [5, 5.41) is 0. The molecule has 0 aromatic carbocycles. The predicted octanol–water partition coefficient (Wildman–Crippen LogP) is -0.129. The standard InChI is InChI=1S/C8H14N2O2/c1-3-5(2)10-7(11)4-6(9)8(10)12/h5-6H,3-4,9H2,1-2H3. The molecule has 68 valence electrons. The lowest BCUT2D eigenvalue weighted by Crippen LogP contribution is -2.40. The molecular weight excluding hydrogens is 156 g/mol. The fraction of sp³-hybridized carbons (Fsp3) is 0.750. The van der Waals surface area contributed by atoms with Crippen LogP contribution in [-0.4, -0.2) is 28.8 Å². The Bertz CT molecular complexity index is 215. The fourth-order valence-electron chi connectivity index (χ4n) is 1.32. The molecule has 0 aromatic heterocycles. The van der Waals surface area contributed by atoms with E-state index in [0.717, 1.165) is 6.42 Å². The van der Waals surface area contributed by atoms with Crippen LogP contribution in [0.15, 0.2) is 0 Å². The van der Waals surface area contributed by atoms with Crippen LogP contribution in [0.3, 0.4) is 0 Å². The minimum absolute atomic E-state index is 0.0152. The third-order valence-corrected chi connectivity index (χ3v) is 2.25. The SMILES string of the molecule is CCC(C)N1C(=O)CC(N)C1=O. The number of hydrogen-bond acceptors (Lipinski definition) is 3. The smallest absolute Gasteiger partial charge is 0.246 e. The van der Waals surface area contributed by atoms with Crippen LogP contribution in [0.2, 0.25) is 0 Å². The summed E-state index contributed by atoms with van der Waals surface area (Å²) in [6, 6.07) is -0.620. The molecule has 1 saturated heterocycles. The molecule has 1 fully saturated rings. The summed E-state index contributed by atoms with van der Waals surface area (Å²) in [5.41, 5.74) is 5.44. The number of nitrogens with two attached hydrogens (primary N) is 1. The van der Waals surface area contributed by atoms with Gasteiger partial charge in [0.1, 0.15) is 0 Å². The fourth-order valence-corrected chi connectivity index (χ4v) is 1.32. The molecule has 0 aliphatic carbocycles. The first-order valence-electron chi connectivity index (χ1n) is 4.19. The molecule has 0 radical (unpaired) electrons. The molecule has 2 atom stereocenters. The van der Waals surface area contributed by atoms with Gasteiger partial charge in [0.2, 0.25) is 11.8 Å². The Labute approximate surface area is 71.7 Å². The van der Waals surface area contributed by atoms with Crippen LogP contribution in [0.4, 0.5) is 0 Å².